The summed E-state index contributed by atoms with van der Waals surface area (Å²) >= 11 is 7.82. The number of benzene rings is 3. The molecule has 0 fully saturated rings. The molecule has 0 aliphatic carbocycles. The number of hydrogen-bond acceptors (Lipinski definition) is 5. The van der Waals surface area contributed by atoms with Crippen LogP contribution in [0.4, 0.5) is 18.9 Å². The lowest BCUT2D eigenvalue weighted by Gasteiger charge is -2.43. The highest BCUT2D eigenvalue weighted by molar-refractivity contribution is 8.02. The SMILES string of the molecule is COc1cc(N2C(C(C)(C)c3ccc(S(C)=N)c(Cl)c3)=CC(C)C(C)=C2SCc2c(F)cc(C(=O)O)cc2F)ccc1F. The highest BCUT2D eigenvalue weighted by Gasteiger charge is 2.37. The third-order valence-electron chi connectivity index (χ3n) is 7.63. The number of hydrogen-bond donors (Lipinski definition) is 2. The van der Waals surface area contributed by atoms with Crippen molar-refractivity contribution in [1.29, 1.82) is 4.78 Å². The summed E-state index contributed by atoms with van der Waals surface area (Å²) in [7, 11) is 0.597. The third-order valence-corrected chi connectivity index (χ3v) is 10.3. The van der Waals surface area contributed by atoms with E-state index in [1.54, 1.807) is 18.4 Å². The van der Waals surface area contributed by atoms with E-state index in [0.29, 0.717) is 15.7 Å². The van der Waals surface area contributed by atoms with E-state index in [0.717, 1.165) is 33.9 Å². The Morgan fingerprint density at radius 2 is 1.77 bits per heavy atom. The lowest BCUT2D eigenvalue weighted by molar-refractivity contribution is 0.0695. The number of rotatable bonds is 9. The van der Waals surface area contributed by atoms with Gasteiger partial charge in [0.1, 0.15) is 11.6 Å². The molecule has 2 N–H and O–H groups in total. The maximum Gasteiger partial charge on any atom is 0.335 e. The van der Waals surface area contributed by atoms with Crippen LogP contribution >= 0.6 is 23.4 Å². The number of anilines is 1. The number of nitrogens with zero attached hydrogens (tertiary/aromatic N) is 1. The Hall–Kier alpha value is -3.21. The molecule has 1 aliphatic heterocycles. The van der Waals surface area contributed by atoms with Gasteiger partial charge >= 0.3 is 5.97 Å². The molecule has 0 spiro atoms. The molecule has 0 amide bonds. The number of carbonyl (C=O) groups is 1. The van der Waals surface area contributed by atoms with Crippen molar-refractivity contribution in [3.05, 3.63) is 110 Å². The normalized spacial score (nSPS) is 16.3. The molecule has 43 heavy (non-hydrogen) atoms. The van der Waals surface area contributed by atoms with Crippen molar-refractivity contribution in [3.8, 4) is 5.75 Å². The first-order valence-electron chi connectivity index (χ1n) is 13.2. The third kappa shape index (κ3) is 6.51. The van der Waals surface area contributed by atoms with Crippen LogP contribution in [0.2, 0.25) is 5.02 Å². The van der Waals surface area contributed by atoms with Crippen molar-refractivity contribution in [3.63, 3.8) is 0 Å². The maximum atomic E-state index is 14.9. The minimum Gasteiger partial charge on any atom is -0.494 e. The van der Waals surface area contributed by atoms with Gasteiger partial charge in [-0.25, -0.2) is 18.0 Å². The van der Waals surface area contributed by atoms with Crippen molar-refractivity contribution in [2.75, 3.05) is 18.3 Å². The number of methoxy groups -OCH3 is 1. The molecule has 2 atom stereocenters. The van der Waals surface area contributed by atoms with Gasteiger partial charge in [-0.15, -0.1) is 11.8 Å². The van der Waals surface area contributed by atoms with Gasteiger partial charge in [-0.2, -0.15) is 0 Å². The van der Waals surface area contributed by atoms with Crippen molar-refractivity contribution >= 4 is 45.7 Å². The van der Waals surface area contributed by atoms with E-state index in [4.69, 9.17) is 21.1 Å². The molecule has 0 saturated heterocycles. The summed E-state index contributed by atoms with van der Waals surface area (Å²) in [6.45, 7) is 8.02. The fourth-order valence-electron chi connectivity index (χ4n) is 4.92. The average Bonchev–Trinajstić information content (AvgIpc) is 2.94. The lowest BCUT2D eigenvalue weighted by Crippen LogP contribution is -2.37. The van der Waals surface area contributed by atoms with E-state index in [9.17, 15) is 23.1 Å². The minimum absolute atomic E-state index is 0.0365. The quantitative estimate of drug-likeness (QED) is 0.242. The molecule has 0 saturated carbocycles. The molecule has 228 valence electrons. The molecule has 1 heterocycles. The molecule has 5 nitrogen and oxygen atoms in total. The molecule has 2 unspecified atom stereocenters. The first-order valence-corrected chi connectivity index (χ1v) is 16.2. The molecule has 1 aliphatic rings. The zero-order valence-corrected chi connectivity index (χ0v) is 26.9. The van der Waals surface area contributed by atoms with Crippen LogP contribution in [-0.4, -0.2) is 24.4 Å². The van der Waals surface area contributed by atoms with Crippen LogP contribution in [0.5, 0.6) is 5.75 Å². The van der Waals surface area contributed by atoms with E-state index < -0.39 is 45.1 Å². The predicted molar refractivity (Wildman–Crippen MR) is 169 cm³/mol. The number of allylic oxidation sites excluding steroid dienone is 3. The molecule has 11 heteroatoms. The Bertz CT molecular complexity index is 1670. The van der Waals surface area contributed by atoms with Crippen LogP contribution in [0.1, 0.15) is 49.2 Å². The summed E-state index contributed by atoms with van der Waals surface area (Å²) in [6, 6.07) is 11.8. The summed E-state index contributed by atoms with van der Waals surface area (Å²) in [4.78, 5) is 14.0. The maximum absolute atomic E-state index is 14.9. The second-order valence-corrected chi connectivity index (χ2v) is 13.6. The second kappa shape index (κ2) is 12.8. The summed E-state index contributed by atoms with van der Waals surface area (Å²) in [6.07, 6.45) is 3.88. The topological polar surface area (TPSA) is 73.6 Å². The molecular formula is C32H32ClF3N2O3S2. The number of halogens is 4. The van der Waals surface area contributed by atoms with Gasteiger partial charge in [0.05, 0.1) is 28.4 Å². The molecule has 0 aromatic heterocycles. The van der Waals surface area contributed by atoms with Crippen molar-refractivity contribution < 1.29 is 27.8 Å². The Balaban J connectivity index is 1.85. The first-order chi connectivity index (χ1) is 20.2. The Kier molecular flexibility index (Phi) is 9.73. The minimum atomic E-state index is -1.42. The number of nitrogens with one attached hydrogen (secondary N) is 1. The monoisotopic (exact) mass is 648 g/mol. The van der Waals surface area contributed by atoms with Gasteiger partial charge in [0.2, 0.25) is 0 Å². The first kappa shape index (κ1) is 32.7. The highest BCUT2D eigenvalue weighted by atomic mass is 35.5. The lowest BCUT2D eigenvalue weighted by atomic mass is 9.78. The molecule has 4 rings (SSSR count). The molecule has 0 radical (unpaired) electrons. The smallest absolute Gasteiger partial charge is 0.335 e. The van der Waals surface area contributed by atoms with Gasteiger partial charge < -0.3 is 14.7 Å². The van der Waals surface area contributed by atoms with Gasteiger partial charge in [0, 0.05) is 33.4 Å². The van der Waals surface area contributed by atoms with Gasteiger partial charge in [0.25, 0.3) is 0 Å². The average molecular weight is 649 g/mol. The van der Waals surface area contributed by atoms with Gasteiger partial charge in [-0.3, -0.25) is 4.78 Å². The zero-order chi connectivity index (χ0) is 31.8. The summed E-state index contributed by atoms with van der Waals surface area (Å²) < 4.78 is 57.8. The molecule has 3 aromatic carbocycles. The number of aromatic carboxylic acids is 1. The van der Waals surface area contributed by atoms with Crippen LogP contribution in [0.15, 0.2) is 75.8 Å². The van der Waals surface area contributed by atoms with Crippen LogP contribution < -0.4 is 9.64 Å². The van der Waals surface area contributed by atoms with Crippen LogP contribution in [0, 0.1) is 28.1 Å². The fraction of sp³-hybridized carbons (Fsp3) is 0.281. The Morgan fingerprint density at radius 3 is 2.33 bits per heavy atom. The van der Waals surface area contributed by atoms with E-state index >= 15 is 0 Å². The van der Waals surface area contributed by atoms with Gasteiger partial charge in [0.15, 0.2) is 11.6 Å². The fourth-order valence-corrected chi connectivity index (χ4v) is 7.37. The van der Waals surface area contributed by atoms with E-state index in [1.807, 2.05) is 50.8 Å². The standard InChI is InChI=1S/C32H32ClF3N2O3S2/c1-17-11-29(32(3,4)20-7-10-28(43(6)37)23(33)14-20)38(21-8-9-24(34)27(15-21)41-5)30(18(17)2)42-16-22-25(35)12-19(31(39)40)13-26(22)36/h7-15,17,37H,16H2,1-6H3,(H,39,40). The molecule has 3 aromatic rings. The second-order valence-electron chi connectivity index (χ2n) is 10.8. The summed E-state index contributed by atoms with van der Waals surface area (Å²) in [5, 5.41) is 10.4. The van der Waals surface area contributed by atoms with Crippen molar-refractivity contribution in [1.82, 2.24) is 0 Å². The van der Waals surface area contributed by atoms with Crippen molar-refractivity contribution in [2.24, 2.45) is 5.92 Å². The van der Waals surface area contributed by atoms with Crippen LogP contribution in [-0.2, 0) is 21.9 Å². The van der Waals surface area contributed by atoms with E-state index in [2.05, 4.69) is 6.08 Å². The summed E-state index contributed by atoms with van der Waals surface area (Å²) in [5.74, 6) is -4.00. The Labute approximate surface area is 261 Å². The summed E-state index contributed by atoms with van der Waals surface area (Å²) in [5.41, 5.74) is 1.83. The number of ether oxygens (including phenoxy) is 1. The van der Waals surface area contributed by atoms with Crippen LogP contribution in [0.25, 0.3) is 0 Å². The Morgan fingerprint density at radius 1 is 1.12 bits per heavy atom. The van der Waals surface area contributed by atoms with Gasteiger partial charge in [-0.05, 0) is 66.6 Å². The molecule has 0 bridgehead atoms. The largest absolute Gasteiger partial charge is 0.494 e. The highest BCUT2D eigenvalue weighted by Crippen LogP contribution is 2.48. The number of thioether (sulfide) groups is 1. The van der Waals surface area contributed by atoms with Gasteiger partial charge in [-0.1, -0.05) is 55.2 Å². The number of carboxylic acid groups (broad SMARTS) is 1. The zero-order valence-electron chi connectivity index (χ0n) is 24.5. The predicted octanol–water partition coefficient (Wildman–Crippen LogP) is 9.32. The van der Waals surface area contributed by atoms with Crippen LogP contribution in [0.3, 0.4) is 0 Å². The van der Waals surface area contributed by atoms with E-state index in [-0.39, 0.29) is 23.0 Å². The van der Waals surface area contributed by atoms with E-state index in [1.165, 1.54) is 24.9 Å². The van der Waals surface area contributed by atoms with Crippen molar-refractivity contribution in [2.45, 2.75) is 43.8 Å². The molecular weight excluding hydrogens is 617 g/mol. The number of carboxylic acids is 1.